The van der Waals surface area contributed by atoms with Crippen LogP contribution >= 0.6 is 11.8 Å². The summed E-state index contributed by atoms with van der Waals surface area (Å²) in [6, 6.07) is 8.60. The third kappa shape index (κ3) is 5.55. The molecule has 1 aromatic heterocycles. The van der Waals surface area contributed by atoms with Crippen LogP contribution in [0.25, 0.3) is 0 Å². The summed E-state index contributed by atoms with van der Waals surface area (Å²) >= 11 is 1.72. The fraction of sp³-hybridized carbons (Fsp3) is 0.560. The molecule has 0 aliphatic carbocycles. The topological polar surface area (TPSA) is 67.2 Å². The fourth-order valence-electron chi connectivity index (χ4n) is 4.58. The van der Waals surface area contributed by atoms with Gasteiger partial charge < -0.3 is 10.2 Å². The molecule has 1 aromatic carbocycles. The van der Waals surface area contributed by atoms with Crippen LogP contribution in [-0.4, -0.2) is 44.3 Å². The number of thioether (sulfide) groups is 1. The van der Waals surface area contributed by atoms with E-state index in [2.05, 4.69) is 54.8 Å². The SMILES string of the molecule is CSc1ccc(CC2(CCC(=O)N(Cc3c(C)nn(C)c3C)C(C)C)CCC(=O)N2)cc1. The summed E-state index contributed by atoms with van der Waals surface area (Å²) in [5, 5.41) is 7.71. The Labute approximate surface area is 196 Å². The highest BCUT2D eigenvalue weighted by atomic mass is 32.2. The molecule has 1 aliphatic heterocycles. The first-order valence-electron chi connectivity index (χ1n) is 11.4. The molecule has 1 fully saturated rings. The van der Waals surface area contributed by atoms with E-state index in [1.165, 1.54) is 10.5 Å². The van der Waals surface area contributed by atoms with Crippen LogP contribution in [0.4, 0.5) is 0 Å². The highest BCUT2D eigenvalue weighted by molar-refractivity contribution is 7.98. The first-order chi connectivity index (χ1) is 15.1. The Hall–Kier alpha value is -2.28. The molecule has 2 amide bonds. The van der Waals surface area contributed by atoms with Crippen molar-refractivity contribution in [3.05, 3.63) is 46.8 Å². The molecule has 1 N–H and O–H groups in total. The van der Waals surface area contributed by atoms with E-state index in [1.807, 2.05) is 30.5 Å². The summed E-state index contributed by atoms with van der Waals surface area (Å²) in [6.45, 7) is 8.72. The van der Waals surface area contributed by atoms with Crippen molar-refractivity contribution in [3.63, 3.8) is 0 Å². The van der Waals surface area contributed by atoms with Gasteiger partial charge in [0.25, 0.3) is 0 Å². The highest BCUT2D eigenvalue weighted by Crippen LogP contribution is 2.31. The lowest BCUT2D eigenvalue weighted by Gasteiger charge is -2.32. The molecule has 3 rings (SSSR count). The molecule has 2 heterocycles. The first kappa shape index (κ1) is 24.4. The van der Waals surface area contributed by atoms with Crippen molar-refractivity contribution in [1.29, 1.82) is 0 Å². The zero-order valence-electron chi connectivity index (χ0n) is 20.2. The zero-order chi connectivity index (χ0) is 23.5. The van der Waals surface area contributed by atoms with Gasteiger partial charge in [-0.2, -0.15) is 5.10 Å². The Morgan fingerprint density at radius 1 is 1.28 bits per heavy atom. The Morgan fingerprint density at radius 3 is 2.47 bits per heavy atom. The number of amides is 2. The van der Waals surface area contributed by atoms with E-state index in [4.69, 9.17) is 0 Å². The maximum Gasteiger partial charge on any atom is 0.223 e. The van der Waals surface area contributed by atoms with Crippen LogP contribution in [-0.2, 0) is 29.6 Å². The monoisotopic (exact) mass is 456 g/mol. The largest absolute Gasteiger partial charge is 0.350 e. The Balaban J connectivity index is 1.72. The van der Waals surface area contributed by atoms with Crippen molar-refractivity contribution in [2.24, 2.45) is 7.05 Å². The van der Waals surface area contributed by atoms with Gasteiger partial charge in [0, 0.05) is 54.2 Å². The summed E-state index contributed by atoms with van der Waals surface area (Å²) in [7, 11) is 1.94. The van der Waals surface area contributed by atoms with Gasteiger partial charge in [-0.3, -0.25) is 14.3 Å². The predicted octanol–water partition coefficient (Wildman–Crippen LogP) is 4.17. The maximum absolute atomic E-state index is 13.3. The molecule has 1 aliphatic rings. The minimum Gasteiger partial charge on any atom is -0.350 e. The molecule has 1 unspecified atom stereocenters. The van der Waals surface area contributed by atoms with Crippen LogP contribution in [0.3, 0.4) is 0 Å². The van der Waals surface area contributed by atoms with Crippen molar-refractivity contribution in [1.82, 2.24) is 20.0 Å². The van der Waals surface area contributed by atoms with E-state index >= 15 is 0 Å². The predicted molar refractivity (Wildman–Crippen MR) is 130 cm³/mol. The summed E-state index contributed by atoms with van der Waals surface area (Å²) in [4.78, 5) is 28.6. The molecule has 32 heavy (non-hydrogen) atoms. The van der Waals surface area contributed by atoms with Gasteiger partial charge in [-0.05, 0) is 70.9 Å². The molecule has 1 atom stereocenters. The van der Waals surface area contributed by atoms with Gasteiger partial charge in [-0.25, -0.2) is 0 Å². The van der Waals surface area contributed by atoms with Gasteiger partial charge in [0.2, 0.25) is 11.8 Å². The number of hydrogen-bond donors (Lipinski definition) is 1. The summed E-state index contributed by atoms with van der Waals surface area (Å²) in [5.74, 6) is 0.210. The quantitative estimate of drug-likeness (QED) is 0.575. The molecule has 0 bridgehead atoms. The van der Waals surface area contributed by atoms with Crippen molar-refractivity contribution >= 4 is 23.6 Å². The molecule has 0 radical (unpaired) electrons. The van der Waals surface area contributed by atoms with Gasteiger partial charge in [-0.1, -0.05) is 12.1 Å². The number of carbonyl (C=O) groups is 2. The van der Waals surface area contributed by atoms with Gasteiger partial charge in [0.1, 0.15) is 0 Å². The van der Waals surface area contributed by atoms with Gasteiger partial charge >= 0.3 is 0 Å². The lowest BCUT2D eigenvalue weighted by Crippen LogP contribution is -2.45. The molecule has 2 aromatic rings. The Kier molecular flexibility index (Phi) is 7.70. The number of nitrogens with zero attached hydrogens (tertiary/aromatic N) is 3. The van der Waals surface area contributed by atoms with Crippen LogP contribution in [0, 0.1) is 13.8 Å². The summed E-state index contributed by atoms with van der Waals surface area (Å²) < 4.78 is 1.87. The lowest BCUT2D eigenvalue weighted by molar-refractivity contribution is -0.134. The second-order valence-electron chi connectivity index (χ2n) is 9.24. The molecule has 7 heteroatoms. The van der Waals surface area contributed by atoms with E-state index in [0.29, 0.717) is 25.8 Å². The van der Waals surface area contributed by atoms with Crippen molar-refractivity contribution in [3.8, 4) is 0 Å². The number of aromatic nitrogens is 2. The van der Waals surface area contributed by atoms with Crippen LogP contribution in [0.5, 0.6) is 0 Å². The summed E-state index contributed by atoms with van der Waals surface area (Å²) in [5.41, 5.74) is 4.02. The average molecular weight is 457 g/mol. The van der Waals surface area contributed by atoms with E-state index in [-0.39, 0.29) is 23.4 Å². The van der Waals surface area contributed by atoms with Gasteiger partial charge in [0.05, 0.1) is 5.69 Å². The minimum atomic E-state index is -0.351. The van der Waals surface area contributed by atoms with E-state index < -0.39 is 0 Å². The number of benzene rings is 1. The normalized spacial score (nSPS) is 18.3. The number of aryl methyl sites for hydroxylation is 2. The first-order valence-corrected chi connectivity index (χ1v) is 12.6. The Bertz CT molecular complexity index is 967. The van der Waals surface area contributed by atoms with E-state index in [0.717, 1.165) is 29.8 Å². The number of nitrogens with one attached hydrogen (secondary N) is 1. The second kappa shape index (κ2) is 10.1. The highest BCUT2D eigenvalue weighted by Gasteiger charge is 2.38. The third-order valence-corrected chi connectivity index (χ3v) is 7.43. The molecule has 174 valence electrons. The second-order valence-corrected chi connectivity index (χ2v) is 10.1. The fourth-order valence-corrected chi connectivity index (χ4v) is 4.99. The molecule has 0 saturated carbocycles. The standard InChI is InChI=1S/C25H36N4O2S/c1-17(2)29(16-22-18(3)27-28(5)19(22)4)24(31)12-14-25(13-11-23(30)26-25)15-20-7-9-21(32-6)10-8-20/h7-10,17H,11-16H2,1-6H3,(H,26,30). The molecule has 6 nitrogen and oxygen atoms in total. The smallest absolute Gasteiger partial charge is 0.223 e. The third-order valence-electron chi connectivity index (χ3n) is 6.69. The maximum atomic E-state index is 13.3. The number of rotatable bonds is 9. The molecule has 0 spiro atoms. The van der Waals surface area contributed by atoms with Crippen LogP contribution in [0.1, 0.15) is 62.0 Å². The summed E-state index contributed by atoms with van der Waals surface area (Å²) in [6.07, 6.45) is 5.18. The van der Waals surface area contributed by atoms with Gasteiger partial charge in [-0.15, -0.1) is 11.8 Å². The van der Waals surface area contributed by atoms with E-state index in [9.17, 15) is 9.59 Å². The lowest BCUT2D eigenvalue weighted by atomic mass is 9.85. The molecular formula is C25H36N4O2S. The Morgan fingerprint density at radius 2 is 1.97 bits per heavy atom. The van der Waals surface area contributed by atoms with Crippen molar-refractivity contribution in [2.45, 2.75) is 82.8 Å². The van der Waals surface area contributed by atoms with E-state index in [1.54, 1.807) is 11.8 Å². The van der Waals surface area contributed by atoms with Crippen molar-refractivity contribution in [2.75, 3.05) is 6.26 Å². The number of hydrogen-bond acceptors (Lipinski definition) is 4. The zero-order valence-corrected chi connectivity index (χ0v) is 21.0. The average Bonchev–Trinajstić information content (AvgIpc) is 3.23. The van der Waals surface area contributed by atoms with Crippen LogP contribution in [0.2, 0.25) is 0 Å². The molecular weight excluding hydrogens is 420 g/mol. The van der Waals surface area contributed by atoms with Crippen LogP contribution in [0.15, 0.2) is 29.2 Å². The van der Waals surface area contributed by atoms with Crippen LogP contribution < -0.4 is 5.32 Å². The minimum absolute atomic E-state index is 0.0838. The number of carbonyl (C=O) groups excluding carboxylic acids is 2. The van der Waals surface area contributed by atoms with Crippen molar-refractivity contribution < 1.29 is 9.59 Å². The van der Waals surface area contributed by atoms with Gasteiger partial charge in [0.15, 0.2) is 0 Å². The molecule has 1 saturated heterocycles.